The molecule has 208 valence electrons. The van der Waals surface area contributed by atoms with Crippen molar-refractivity contribution in [3.8, 4) is 12.3 Å². The SMILES string of the molecule is [2H][C@@](Nc1cc(Cl)c2ncc(C#C)c(N[C@H](CC)c3ccccc3)c2c1)(C1=CN(C2CC2)NN1)c1ccc(Cl)nc1C. The fourth-order valence-electron chi connectivity index (χ4n) is 5.10. The van der Waals surface area contributed by atoms with Crippen molar-refractivity contribution in [2.45, 2.75) is 51.2 Å². The number of hydrazine groups is 2. The summed E-state index contributed by atoms with van der Waals surface area (Å²) in [7, 11) is 0. The molecule has 2 aromatic carbocycles. The lowest BCUT2D eigenvalue weighted by molar-refractivity contribution is 0.260. The molecule has 6 rings (SSSR count). The first-order chi connectivity index (χ1) is 20.3. The van der Waals surface area contributed by atoms with Crippen LogP contribution in [0.1, 0.15) is 62.0 Å². The van der Waals surface area contributed by atoms with E-state index in [1.807, 2.05) is 48.5 Å². The van der Waals surface area contributed by atoms with Gasteiger partial charge >= 0.3 is 0 Å². The number of pyridine rings is 2. The lowest BCUT2D eigenvalue weighted by Gasteiger charge is -2.24. The van der Waals surface area contributed by atoms with Gasteiger partial charge in [-0.05, 0) is 49.9 Å². The Morgan fingerprint density at radius 2 is 1.98 bits per heavy atom. The number of anilines is 2. The predicted molar refractivity (Wildman–Crippen MR) is 167 cm³/mol. The molecule has 0 radical (unpaired) electrons. The second-order valence-corrected chi connectivity index (χ2v) is 11.0. The van der Waals surface area contributed by atoms with Crippen molar-refractivity contribution in [1.82, 2.24) is 25.9 Å². The van der Waals surface area contributed by atoms with E-state index in [0.717, 1.165) is 35.9 Å². The van der Waals surface area contributed by atoms with Gasteiger partial charge in [0.2, 0.25) is 0 Å². The third kappa shape index (κ3) is 5.64. The Labute approximate surface area is 251 Å². The number of benzene rings is 2. The number of aromatic nitrogens is 2. The summed E-state index contributed by atoms with van der Waals surface area (Å²) in [6, 6.07) is 16.5. The van der Waals surface area contributed by atoms with Gasteiger partial charge in [0, 0.05) is 40.8 Å². The highest BCUT2D eigenvalue weighted by Gasteiger charge is 2.33. The lowest BCUT2D eigenvalue weighted by Crippen LogP contribution is -2.38. The minimum Gasteiger partial charge on any atom is -0.377 e. The van der Waals surface area contributed by atoms with Crippen LogP contribution in [0.5, 0.6) is 0 Å². The number of nitrogens with one attached hydrogen (secondary N) is 4. The van der Waals surface area contributed by atoms with E-state index in [2.05, 4.69) is 56.5 Å². The summed E-state index contributed by atoms with van der Waals surface area (Å²) in [5.41, 5.74) is 12.1. The van der Waals surface area contributed by atoms with Crippen LogP contribution in [0.3, 0.4) is 0 Å². The molecule has 0 unspecified atom stereocenters. The summed E-state index contributed by atoms with van der Waals surface area (Å²) >= 11 is 13.1. The first-order valence-corrected chi connectivity index (χ1v) is 14.4. The van der Waals surface area contributed by atoms with Gasteiger partial charge in [-0.15, -0.1) is 12.0 Å². The van der Waals surface area contributed by atoms with E-state index < -0.39 is 6.02 Å². The van der Waals surface area contributed by atoms with Crippen LogP contribution in [0, 0.1) is 19.3 Å². The molecule has 1 fully saturated rings. The molecule has 4 aromatic rings. The quantitative estimate of drug-likeness (QED) is 0.122. The van der Waals surface area contributed by atoms with E-state index in [4.69, 9.17) is 29.6 Å². The zero-order valence-electron chi connectivity index (χ0n) is 23.8. The standard InChI is InChI=1S/C32H31Cl2N7/c1-4-20-17-35-31-25(30(20)38-27(5-2)21-9-7-6-8-10-21)15-22(16-26(31)33)37-32(24-13-14-29(34)36-19(24)3)28-18-41(40-39-28)23-11-12-23/h1,6-10,13-18,23,27,32,37,39-40H,5,11-12H2,2-3H3,(H,35,38)/t27-,32+/m1/s1/i32D. The molecule has 9 heteroatoms. The van der Waals surface area contributed by atoms with Gasteiger partial charge in [0.05, 0.1) is 40.9 Å². The maximum atomic E-state index is 9.83. The summed E-state index contributed by atoms with van der Waals surface area (Å²) in [4.78, 5) is 9.04. The Kier molecular flexibility index (Phi) is 7.28. The van der Waals surface area contributed by atoms with Crippen LogP contribution in [0.25, 0.3) is 10.9 Å². The molecule has 0 amide bonds. The van der Waals surface area contributed by atoms with Crippen LogP contribution >= 0.6 is 23.2 Å². The molecule has 1 saturated carbocycles. The monoisotopic (exact) mass is 584 g/mol. The summed E-state index contributed by atoms with van der Waals surface area (Å²) < 4.78 is 9.83. The number of hydrogen-bond acceptors (Lipinski definition) is 7. The van der Waals surface area contributed by atoms with Crippen molar-refractivity contribution in [1.29, 1.82) is 0 Å². The van der Waals surface area contributed by atoms with Crippen molar-refractivity contribution in [2.24, 2.45) is 0 Å². The van der Waals surface area contributed by atoms with E-state index in [1.165, 1.54) is 0 Å². The van der Waals surface area contributed by atoms with Gasteiger partial charge in [0.25, 0.3) is 0 Å². The van der Waals surface area contributed by atoms with Crippen LogP contribution in [0.2, 0.25) is 10.2 Å². The molecule has 0 bridgehead atoms. The first kappa shape index (κ1) is 26.0. The molecule has 1 aliphatic heterocycles. The second kappa shape index (κ2) is 11.5. The summed E-state index contributed by atoms with van der Waals surface area (Å²) in [6.45, 7) is 3.97. The van der Waals surface area contributed by atoms with Crippen molar-refractivity contribution in [3.63, 3.8) is 0 Å². The van der Waals surface area contributed by atoms with Crippen LogP contribution in [0.4, 0.5) is 11.4 Å². The van der Waals surface area contributed by atoms with Crippen molar-refractivity contribution >= 4 is 45.5 Å². The van der Waals surface area contributed by atoms with E-state index in [-0.39, 0.29) is 6.04 Å². The van der Waals surface area contributed by atoms with Gasteiger partial charge in [0.1, 0.15) is 5.15 Å². The van der Waals surface area contributed by atoms with E-state index >= 15 is 0 Å². The van der Waals surface area contributed by atoms with Gasteiger partial charge in [0.15, 0.2) is 0 Å². The van der Waals surface area contributed by atoms with Gasteiger partial charge in [-0.2, -0.15) is 0 Å². The molecule has 0 spiro atoms. The topological polar surface area (TPSA) is 77.1 Å². The molecule has 1 aliphatic carbocycles. The van der Waals surface area contributed by atoms with Crippen molar-refractivity contribution in [2.75, 3.05) is 10.6 Å². The van der Waals surface area contributed by atoms with E-state index in [1.54, 1.807) is 18.3 Å². The van der Waals surface area contributed by atoms with Crippen molar-refractivity contribution in [3.05, 3.63) is 105 Å². The van der Waals surface area contributed by atoms with E-state index in [0.29, 0.717) is 49.9 Å². The average molecular weight is 586 g/mol. The third-order valence-corrected chi connectivity index (χ3v) is 7.90. The number of rotatable bonds is 9. The van der Waals surface area contributed by atoms with Gasteiger partial charge in [-0.25, -0.2) is 4.98 Å². The van der Waals surface area contributed by atoms with Crippen LogP contribution in [-0.2, 0) is 0 Å². The zero-order valence-corrected chi connectivity index (χ0v) is 24.3. The number of terminal acetylenes is 1. The summed E-state index contributed by atoms with van der Waals surface area (Å²) in [5.74, 6) is 2.78. The zero-order chi connectivity index (χ0) is 29.4. The number of hydrogen-bond donors (Lipinski definition) is 4. The van der Waals surface area contributed by atoms with E-state index in [9.17, 15) is 1.37 Å². The Hall–Kier alpha value is -3.96. The lowest BCUT2D eigenvalue weighted by atomic mass is 10.0. The van der Waals surface area contributed by atoms with Gasteiger partial charge in [-0.1, -0.05) is 72.4 Å². The number of fused-ring (bicyclic) bond motifs is 1. The molecular weight excluding hydrogens is 553 g/mol. The average Bonchev–Trinajstić information content (AvgIpc) is 3.71. The third-order valence-electron chi connectivity index (χ3n) is 7.40. The molecule has 2 aromatic heterocycles. The summed E-state index contributed by atoms with van der Waals surface area (Å²) in [6.07, 6.45) is 12.6. The second-order valence-electron chi connectivity index (χ2n) is 10.2. The fraction of sp³-hybridized carbons (Fsp3) is 0.250. The van der Waals surface area contributed by atoms with Crippen molar-refractivity contribution < 1.29 is 1.37 Å². The van der Waals surface area contributed by atoms with Crippen LogP contribution in [-0.4, -0.2) is 21.0 Å². The molecule has 2 atom stereocenters. The Bertz CT molecular complexity index is 1720. The number of halogens is 2. The Morgan fingerprint density at radius 3 is 2.68 bits per heavy atom. The maximum Gasteiger partial charge on any atom is 0.129 e. The van der Waals surface area contributed by atoms with Crippen LogP contribution in [0.15, 0.2) is 72.7 Å². The minimum atomic E-state index is -1.46. The Morgan fingerprint density at radius 1 is 1.17 bits per heavy atom. The maximum absolute atomic E-state index is 9.83. The van der Waals surface area contributed by atoms with Gasteiger partial charge in [-0.3, -0.25) is 9.99 Å². The minimum absolute atomic E-state index is 0.0182. The summed E-state index contributed by atoms with van der Waals surface area (Å²) in [5, 5.41) is 10.7. The van der Waals surface area contributed by atoms with Crippen LogP contribution < -0.4 is 21.6 Å². The highest BCUT2D eigenvalue weighted by molar-refractivity contribution is 6.36. The smallest absolute Gasteiger partial charge is 0.129 e. The molecule has 0 saturated heterocycles. The molecule has 7 nitrogen and oxygen atoms in total. The molecule has 2 aliphatic rings. The molecule has 4 N–H and O–H groups in total. The van der Waals surface area contributed by atoms with Gasteiger partial charge < -0.3 is 16.1 Å². The first-order valence-electron chi connectivity index (χ1n) is 14.1. The molecule has 3 heterocycles. The molecule has 41 heavy (non-hydrogen) atoms. The number of aryl methyl sites for hydroxylation is 1. The highest BCUT2D eigenvalue weighted by atomic mass is 35.5. The Balaban J connectivity index is 1.46. The molecular formula is C32H31Cl2N7. The fourth-order valence-corrected chi connectivity index (χ4v) is 5.56. The largest absolute Gasteiger partial charge is 0.377 e. The predicted octanol–water partition coefficient (Wildman–Crippen LogP) is 7.27. The number of nitrogens with zero attached hydrogens (tertiary/aromatic N) is 3. The normalized spacial score (nSPS) is 17.2. The highest BCUT2D eigenvalue weighted by Crippen LogP contribution is 2.38.